The van der Waals surface area contributed by atoms with Crippen LogP contribution in [0, 0.1) is 12.8 Å². The van der Waals surface area contributed by atoms with E-state index < -0.39 is 39.2 Å². The molecule has 0 N–H and O–H groups in total. The summed E-state index contributed by atoms with van der Waals surface area (Å²) in [5, 5.41) is 7.29. The van der Waals surface area contributed by atoms with Crippen molar-refractivity contribution in [2.45, 2.75) is 84.3 Å². The maximum absolute atomic E-state index is 15.2. The number of ether oxygens (including phenoxy) is 1. The van der Waals surface area contributed by atoms with Crippen molar-refractivity contribution in [3.05, 3.63) is 157 Å². The molecule has 58 heavy (non-hydrogen) atoms. The Morgan fingerprint density at radius 2 is 1.36 bits per heavy atom. The highest BCUT2D eigenvalue weighted by atomic mass is 31.2. The van der Waals surface area contributed by atoms with Gasteiger partial charge in [-0.3, -0.25) is 14.3 Å². The molecule has 3 atom stereocenters. The average molecular weight is 814 g/mol. The number of likely N-dealkylation sites (tertiary alicyclic amines) is 1. The molecular formula is C48H56N3O5PSi. The Morgan fingerprint density at radius 1 is 0.862 bits per heavy atom. The molecule has 1 aromatic heterocycles. The van der Waals surface area contributed by atoms with Gasteiger partial charge in [-0.1, -0.05) is 155 Å². The number of esters is 1. The predicted octanol–water partition coefficient (Wildman–Crippen LogP) is 8.10. The van der Waals surface area contributed by atoms with Gasteiger partial charge in [0.2, 0.25) is 5.91 Å². The van der Waals surface area contributed by atoms with E-state index in [-0.39, 0.29) is 35.2 Å². The molecule has 0 unspecified atom stereocenters. The maximum Gasteiger partial charge on any atom is 0.356 e. The van der Waals surface area contributed by atoms with E-state index in [9.17, 15) is 4.79 Å². The zero-order valence-corrected chi connectivity index (χ0v) is 36.7. The number of carbonyl (C=O) groups excluding carboxylic acids is 3. The minimum Gasteiger partial charge on any atom is -0.457 e. The van der Waals surface area contributed by atoms with Gasteiger partial charge in [0.15, 0.2) is 14.1 Å². The summed E-state index contributed by atoms with van der Waals surface area (Å²) in [4.78, 5) is 46.4. The van der Waals surface area contributed by atoms with Crippen LogP contribution in [-0.2, 0) is 31.7 Å². The molecule has 0 spiro atoms. The fourth-order valence-electron chi connectivity index (χ4n) is 7.69. The van der Waals surface area contributed by atoms with Crippen molar-refractivity contribution < 1.29 is 23.5 Å². The molecule has 1 saturated heterocycles. The second kappa shape index (κ2) is 17.8. The van der Waals surface area contributed by atoms with Crippen LogP contribution in [0.5, 0.6) is 0 Å². The summed E-state index contributed by atoms with van der Waals surface area (Å²) < 4.78 is 14.8. The van der Waals surface area contributed by atoms with Crippen molar-refractivity contribution in [2.24, 2.45) is 5.92 Å². The SMILES string of the molecule is C=CCOC(=O)C(N1C(=O)[C@H]([C@@H](C)O[Si](C)(C)C(C)(C)C)[C@H]1CC(=O)c1cc(C)n(CCc2ccccc2)n1)=P(c1ccccc1)(c1ccccc1)c1ccccc1. The summed E-state index contributed by atoms with van der Waals surface area (Å²) in [6, 6.07) is 40.9. The van der Waals surface area contributed by atoms with Gasteiger partial charge in [-0.2, -0.15) is 5.10 Å². The third kappa shape index (κ3) is 8.54. The van der Waals surface area contributed by atoms with Crippen molar-refractivity contribution in [3.63, 3.8) is 0 Å². The molecule has 8 nitrogen and oxygen atoms in total. The first-order valence-electron chi connectivity index (χ1n) is 20.0. The summed E-state index contributed by atoms with van der Waals surface area (Å²) in [5.41, 5.74) is 2.60. The van der Waals surface area contributed by atoms with Crippen LogP contribution < -0.4 is 15.9 Å². The zero-order valence-electron chi connectivity index (χ0n) is 34.8. The van der Waals surface area contributed by atoms with Gasteiger partial charge in [0, 0.05) is 25.5 Å². The molecule has 2 heterocycles. The van der Waals surface area contributed by atoms with Crippen molar-refractivity contribution in [1.82, 2.24) is 14.7 Å². The van der Waals surface area contributed by atoms with E-state index in [2.05, 4.69) is 52.6 Å². The number of β-lactam (4-membered cyclic amide) rings is 1. The number of carbonyl (C=O) groups is 3. The minimum atomic E-state index is -3.19. The first-order chi connectivity index (χ1) is 27.7. The summed E-state index contributed by atoms with van der Waals surface area (Å²) in [5.74, 6) is -1.82. The Morgan fingerprint density at radius 3 is 1.84 bits per heavy atom. The zero-order chi connectivity index (χ0) is 41.7. The number of hydrogen-bond donors (Lipinski definition) is 0. The molecular weight excluding hydrogens is 758 g/mol. The first-order valence-corrected chi connectivity index (χ1v) is 24.7. The average Bonchev–Trinajstić information content (AvgIpc) is 3.59. The number of nitrogens with zero attached hydrogens (tertiary/aromatic N) is 3. The van der Waals surface area contributed by atoms with Gasteiger partial charge in [-0.05, 0) is 65.9 Å². The van der Waals surface area contributed by atoms with Crippen molar-refractivity contribution in [3.8, 4) is 0 Å². The third-order valence-corrected chi connectivity index (χ3v) is 20.5. The molecule has 0 saturated carbocycles. The molecule has 10 heteroatoms. The largest absolute Gasteiger partial charge is 0.457 e. The summed E-state index contributed by atoms with van der Waals surface area (Å²) in [6.07, 6.45) is 1.70. The highest BCUT2D eigenvalue weighted by Gasteiger charge is 2.57. The molecule has 0 bridgehead atoms. The van der Waals surface area contributed by atoms with Crippen LogP contribution in [0.25, 0.3) is 0 Å². The topological polar surface area (TPSA) is 90.7 Å². The lowest BCUT2D eigenvalue weighted by molar-refractivity contribution is -0.156. The van der Waals surface area contributed by atoms with Crippen LogP contribution in [0.15, 0.2) is 140 Å². The van der Waals surface area contributed by atoms with Gasteiger partial charge >= 0.3 is 5.97 Å². The second-order valence-corrected chi connectivity index (χ2v) is 24.6. The Kier molecular flexibility index (Phi) is 13.1. The fourth-order valence-corrected chi connectivity index (χ4v) is 13.5. The monoisotopic (exact) mass is 813 g/mol. The number of aromatic nitrogens is 2. The number of hydrogen-bond acceptors (Lipinski definition) is 6. The van der Waals surface area contributed by atoms with E-state index in [0.717, 1.165) is 28.0 Å². The molecule has 1 aliphatic heterocycles. The Labute approximate surface area is 345 Å². The maximum atomic E-state index is 15.2. The molecule has 0 radical (unpaired) electrons. The number of amides is 1. The highest BCUT2D eigenvalue weighted by Crippen LogP contribution is 2.50. The number of ketones is 1. The number of rotatable bonds is 16. The number of Topliss-reactive ketones (excluding diaryl/α,β-unsaturated/α-hetero) is 1. The van der Waals surface area contributed by atoms with E-state index in [4.69, 9.17) is 14.3 Å². The Hall–Kier alpha value is -5.08. The quantitative estimate of drug-likeness (QED) is 0.0250. The molecule has 302 valence electrons. The van der Waals surface area contributed by atoms with Crippen LogP contribution in [0.3, 0.4) is 0 Å². The van der Waals surface area contributed by atoms with Gasteiger partial charge in [-0.15, -0.1) is 0 Å². The standard InChI is InChI=1S/C48H56N3O5PSi/c1-9-32-55-47(54)46(57(38-24-16-11-17-25-38,39-26-18-12-19-27-39)40-28-20-13-21-29-40)51-42(44(45(51)53)36(3)56-58(7,8)48(4,5)6)34-43(52)41-33-35(2)50(49-41)31-30-37-22-14-10-15-23-37/h9-29,33,36,42,44H,1,30-32,34H2,2-8H3/t36-,42-,44-/m1/s1. The highest BCUT2D eigenvalue weighted by molar-refractivity contribution is 7.96. The van der Waals surface area contributed by atoms with Gasteiger partial charge in [0.25, 0.3) is 0 Å². The minimum absolute atomic E-state index is 0.0552. The summed E-state index contributed by atoms with van der Waals surface area (Å²) in [7, 11) is -2.37. The van der Waals surface area contributed by atoms with Gasteiger partial charge in [0.1, 0.15) is 17.7 Å². The van der Waals surface area contributed by atoms with Crippen LogP contribution in [-0.4, -0.2) is 64.8 Å². The fraction of sp³-hybridized carbons (Fsp3) is 0.312. The van der Waals surface area contributed by atoms with Crippen LogP contribution in [0.2, 0.25) is 18.1 Å². The van der Waals surface area contributed by atoms with Gasteiger partial charge < -0.3 is 14.1 Å². The second-order valence-electron chi connectivity index (χ2n) is 16.5. The summed E-state index contributed by atoms with van der Waals surface area (Å²) in [6.45, 7) is 15.9. The lowest BCUT2D eigenvalue weighted by Gasteiger charge is -2.52. The predicted molar refractivity (Wildman–Crippen MR) is 239 cm³/mol. The normalized spacial score (nSPS) is 16.3. The molecule has 1 amide bonds. The van der Waals surface area contributed by atoms with E-state index >= 15 is 9.59 Å². The van der Waals surface area contributed by atoms with Crippen LogP contribution >= 0.6 is 6.89 Å². The van der Waals surface area contributed by atoms with Crippen molar-refractivity contribution >= 4 is 54.2 Å². The van der Waals surface area contributed by atoms with E-state index in [1.54, 1.807) is 4.90 Å². The lowest BCUT2D eigenvalue weighted by Crippen LogP contribution is -2.69. The third-order valence-electron chi connectivity index (χ3n) is 11.7. The number of aryl methyl sites for hydroxylation is 3. The lowest BCUT2D eigenvalue weighted by atomic mass is 9.80. The van der Waals surface area contributed by atoms with E-state index in [1.807, 2.05) is 134 Å². The smallest absolute Gasteiger partial charge is 0.356 e. The first kappa shape index (κ1) is 42.5. The van der Waals surface area contributed by atoms with Gasteiger partial charge in [-0.25, -0.2) is 4.79 Å². The van der Waals surface area contributed by atoms with Crippen LogP contribution in [0.4, 0.5) is 0 Å². The number of benzene rings is 4. The van der Waals surface area contributed by atoms with Crippen molar-refractivity contribution in [2.75, 3.05) is 6.61 Å². The molecule has 0 aliphatic carbocycles. The van der Waals surface area contributed by atoms with Crippen LogP contribution in [0.1, 0.15) is 55.9 Å². The Bertz CT molecular complexity index is 2180. The van der Waals surface area contributed by atoms with E-state index in [0.29, 0.717) is 12.2 Å². The molecule has 1 aliphatic rings. The molecule has 4 aromatic carbocycles. The van der Waals surface area contributed by atoms with Crippen molar-refractivity contribution in [1.29, 1.82) is 0 Å². The molecule has 6 rings (SSSR count). The molecule has 5 aromatic rings. The van der Waals surface area contributed by atoms with Gasteiger partial charge in [0.05, 0.1) is 18.1 Å². The summed E-state index contributed by atoms with van der Waals surface area (Å²) >= 11 is 0. The molecule has 1 fully saturated rings. The Balaban J connectivity index is 1.55. The van der Waals surface area contributed by atoms with E-state index in [1.165, 1.54) is 11.6 Å².